The molecule has 13 nitrogen and oxygen atoms in total. The summed E-state index contributed by atoms with van der Waals surface area (Å²) in [5, 5.41) is 1.99. The fourth-order valence-electron chi connectivity index (χ4n) is 7.00. The van der Waals surface area contributed by atoms with Crippen molar-refractivity contribution in [2.45, 2.75) is 36.1 Å². The summed E-state index contributed by atoms with van der Waals surface area (Å²) in [6, 6.07) is 12.1. The van der Waals surface area contributed by atoms with Gasteiger partial charge in [-0.3, -0.25) is 19.9 Å². The maximum atomic E-state index is 15.1. The minimum atomic E-state index is -4.68. The average Bonchev–Trinajstić information content (AvgIpc) is 3.37. The summed E-state index contributed by atoms with van der Waals surface area (Å²) in [6.45, 7) is 6.51. The second-order valence-electron chi connectivity index (χ2n) is 12.3. The first-order valence-electron chi connectivity index (χ1n) is 16.2. The number of fused-ring (bicyclic) bond motifs is 1. The zero-order valence-electron chi connectivity index (χ0n) is 28.0. The lowest BCUT2D eigenvalue weighted by atomic mass is 9.75. The van der Waals surface area contributed by atoms with Gasteiger partial charge in [0.25, 0.3) is 21.8 Å². The van der Waals surface area contributed by atoms with Crippen LogP contribution in [0.4, 0.5) is 5.69 Å². The smallest absolute Gasteiger partial charge is 0.274 e. The van der Waals surface area contributed by atoms with Gasteiger partial charge in [-0.05, 0) is 76.3 Å². The molecular weight excluding hydrogens is 672 g/mol. The molecule has 15 heteroatoms. The molecule has 1 atom stereocenters. The molecule has 4 heterocycles. The number of hydrogen-bond donors (Lipinski definition) is 1. The second-order valence-corrected chi connectivity index (χ2v) is 14.5. The Morgan fingerprint density at radius 1 is 1.00 bits per heavy atom. The van der Waals surface area contributed by atoms with Crippen molar-refractivity contribution in [3.05, 3.63) is 70.9 Å². The summed E-state index contributed by atoms with van der Waals surface area (Å²) in [5.74, 6) is -1.44. The van der Waals surface area contributed by atoms with Crippen LogP contribution in [-0.2, 0) is 25.0 Å². The number of carbonyl (C=O) groups excluding carboxylic acids is 2. The van der Waals surface area contributed by atoms with E-state index in [1.165, 1.54) is 56.8 Å². The number of carbonyl (C=O) groups is 2. The highest BCUT2D eigenvalue weighted by Gasteiger charge is 2.62. The van der Waals surface area contributed by atoms with Crippen molar-refractivity contribution < 1.29 is 32.2 Å². The number of rotatable bonds is 10. The molecule has 1 unspecified atom stereocenters. The third-order valence-electron chi connectivity index (χ3n) is 9.55. The first-order chi connectivity index (χ1) is 23.6. The first kappa shape index (κ1) is 34.9. The molecule has 0 spiro atoms. The molecule has 2 fully saturated rings. The lowest BCUT2D eigenvalue weighted by Gasteiger charge is -2.42. The predicted molar refractivity (Wildman–Crippen MR) is 184 cm³/mol. The highest BCUT2D eigenvalue weighted by molar-refractivity contribution is 7.93. The van der Waals surface area contributed by atoms with Crippen LogP contribution < -0.4 is 23.9 Å². The molecule has 262 valence electrons. The van der Waals surface area contributed by atoms with E-state index in [4.69, 9.17) is 25.8 Å². The van der Waals surface area contributed by atoms with Crippen molar-refractivity contribution in [1.82, 2.24) is 25.2 Å². The van der Waals surface area contributed by atoms with Gasteiger partial charge < -0.3 is 19.1 Å². The number of hydrogen-bond acceptors (Lipinski definition) is 11. The summed E-state index contributed by atoms with van der Waals surface area (Å²) in [7, 11) is 0.216. The third kappa shape index (κ3) is 6.20. The largest absolute Gasteiger partial charge is 0.497 e. The van der Waals surface area contributed by atoms with Crippen LogP contribution in [0.5, 0.6) is 17.4 Å². The molecule has 3 aliphatic heterocycles. The van der Waals surface area contributed by atoms with E-state index >= 15 is 4.79 Å². The lowest BCUT2D eigenvalue weighted by molar-refractivity contribution is -0.137. The van der Waals surface area contributed by atoms with E-state index in [9.17, 15) is 13.2 Å². The lowest BCUT2D eigenvalue weighted by Crippen LogP contribution is -2.61. The van der Waals surface area contributed by atoms with Crippen molar-refractivity contribution in [1.29, 1.82) is 0 Å². The maximum Gasteiger partial charge on any atom is 0.274 e. The van der Waals surface area contributed by atoms with Gasteiger partial charge in [0, 0.05) is 60.6 Å². The molecule has 6 rings (SSSR count). The topological polar surface area (TPSA) is 134 Å². The molecule has 0 aliphatic carbocycles. The Bertz CT molecular complexity index is 1830. The molecule has 0 radical (unpaired) electrons. The van der Waals surface area contributed by atoms with E-state index in [0.29, 0.717) is 29.2 Å². The van der Waals surface area contributed by atoms with Gasteiger partial charge in [-0.15, -0.1) is 0 Å². The van der Waals surface area contributed by atoms with E-state index in [1.54, 1.807) is 24.1 Å². The molecule has 3 aliphatic rings. The SMILES string of the molecule is CCOc1ncccc1C1(C(=O)NN2CCN(C3CCN(C)CC3)CC2)C(=O)N(S(=O)(=O)c2ccc(OC)cc2OC)c2ccc(Cl)cc21. The quantitative estimate of drug-likeness (QED) is 0.311. The van der Waals surface area contributed by atoms with Gasteiger partial charge in [-0.2, -0.15) is 0 Å². The Morgan fingerprint density at radius 3 is 2.41 bits per heavy atom. The molecule has 2 saturated heterocycles. The molecule has 3 aromatic rings. The number of aromatic nitrogens is 1. The summed E-state index contributed by atoms with van der Waals surface area (Å²) in [4.78, 5) is 38.9. The van der Waals surface area contributed by atoms with Crippen LogP contribution >= 0.6 is 11.6 Å². The fraction of sp³-hybridized carbons (Fsp3) is 0.441. The number of halogens is 1. The number of hydrazine groups is 1. The molecule has 2 aromatic carbocycles. The number of anilines is 1. The Hall–Kier alpha value is -3.95. The monoisotopic (exact) mass is 712 g/mol. The van der Waals surface area contributed by atoms with E-state index in [1.807, 2.05) is 0 Å². The van der Waals surface area contributed by atoms with Crippen LogP contribution in [0.2, 0.25) is 5.02 Å². The predicted octanol–water partition coefficient (Wildman–Crippen LogP) is 2.92. The van der Waals surface area contributed by atoms with Gasteiger partial charge in [0.2, 0.25) is 5.88 Å². The number of piperazine rings is 1. The van der Waals surface area contributed by atoms with Crippen molar-refractivity contribution in [2.24, 2.45) is 0 Å². The minimum Gasteiger partial charge on any atom is -0.497 e. The number of amides is 2. The average molecular weight is 713 g/mol. The normalized spacial score (nSPS) is 21.0. The van der Waals surface area contributed by atoms with Crippen LogP contribution in [-0.4, -0.2) is 113 Å². The Morgan fingerprint density at radius 2 is 1.73 bits per heavy atom. The summed E-state index contributed by atoms with van der Waals surface area (Å²) in [6.07, 6.45) is 3.66. The molecule has 1 N–H and O–H groups in total. The number of piperidine rings is 1. The van der Waals surface area contributed by atoms with Gasteiger partial charge >= 0.3 is 0 Å². The second kappa shape index (κ2) is 14.1. The van der Waals surface area contributed by atoms with Crippen molar-refractivity contribution >= 4 is 39.1 Å². The first-order valence-corrected chi connectivity index (χ1v) is 18.1. The molecule has 49 heavy (non-hydrogen) atoms. The van der Waals surface area contributed by atoms with Gasteiger partial charge in [0.15, 0.2) is 5.41 Å². The van der Waals surface area contributed by atoms with Crippen LogP contribution in [0, 0.1) is 0 Å². The number of methoxy groups -OCH3 is 2. The molecule has 0 saturated carbocycles. The summed E-state index contributed by atoms with van der Waals surface area (Å²) >= 11 is 6.53. The van der Waals surface area contributed by atoms with E-state index in [-0.39, 0.29) is 45.0 Å². The number of sulfonamides is 1. The highest BCUT2D eigenvalue weighted by atomic mass is 35.5. The van der Waals surface area contributed by atoms with Crippen LogP contribution in [0.25, 0.3) is 0 Å². The number of benzene rings is 2. The summed E-state index contributed by atoms with van der Waals surface area (Å²) < 4.78 is 46.4. The highest BCUT2D eigenvalue weighted by Crippen LogP contribution is 2.52. The van der Waals surface area contributed by atoms with Crippen molar-refractivity contribution in [3.63, 3.8) is 0 Å². The maximum absolute atomic E-state index is 15.1. The molecule has 1 aromatic heterocycles. The van der Waals surface area contributed by atoms with Crippen molar-refractivity contribution in [3.8, 4) is 17.4 Å². The van der Waals surface area contributed by atoms with Gasteiger partial charge in [0.05, 0.1) is 26.5 Å². The zero-order chi connectivity index (χ0) is 34.9. The zero-order valence-corrected chi connectivity index (χ0v) is 29.6. The van der Waals surface area contributed by atoms with Crippen LogP contribution in [0.1, 0.15) is 30.9 Å². The Balaban J connectivity index is 1.44. The number of ether oxygens (including phenoxy) is 3. The van der Waals surface area contributed by atoms with Gasteiger partial charge in [-0.1, -0.05) is 17.7 Å². The van der Waals surface area contributed by atoms with Crippen LogP contribution in [0.15, 0.2) is 59.6 Å². The van der Waals surface area contributed by atoms with Crippen LogP contribution in [0.3, 0.4) is 0 Å². The number of nitrogens with zero attached hydrogens (tertiary/aromatic N) is 5. The third-order valence-corrected chi connectivity index (χ3v) is 11.5. The van der Waals surface area contributed by atoms with Crippen molar-refractivity contribution in [2.75, 3.05) is 71.4 Å². The molecule has 0 bridgehead atoms. The molecular formula is C34H41ClN6O7S. The Kier molecular flexibility index (Phi) is 10.1. The number of pyridine rings is 1. The number of likely N-dealkylation sites (tertiary alicyclic amines) is 1. The van der Waals surface area contributed by atoms with E-state index in [2.05, 4.69) is 27.3 Å². The van der Waals surface area contributed by atoms with Gasteiger partial charge in [-0.25, -0.2) is 22.7 Å². The minimum absolute atomic E-state index is 0.0211. The fourth-order valence-corrected chi connectivity index (χ4v) is 8.78. The standard InChI is InChI=1S/C34H41ClN6O7S/c1-5-48-31-26(7-6-14-36-31)34(32(42)37-40-19-17-39(18-20-40)24-12-15-38(2)16-13-24)27-21-23(35)8-10-28(27)41(33(34)43)49(44,45)30-11-9-25(46-3)22-29(30)47-4/h6-11,14,21-22,24H,5,12-13,15-20H2,1-4H3,(H,37,42). The van der Waals surface area contributed by atoms with E-state index in [0.717, 1.165) is 39.0 Å². The Labute approximate surface area is 291 Å². The van der Waals surface area contributed by atoms with Gasteiger partial charge in [0.1, 0.15) is 16.4 Å². The summed E-state index contributed by atoms with van der Waals surface area (Å²) in [5.41, 5.74) is 0.894. The van der Waals surface area contributed by atoms with E-state index < -0.39 is 27.3 Å². The molecule has 2 amide bonds. The number of nitrogens with one attached hydrogen (secondary N) is 1.